The van der Waals surface area contributed by atoms with E-state index in [0.717, 1.165) is 0 Å². The summed E-state index contributed by atoms with van der Waals surface area (Å²) in [6.07, 6.45) is 2.06. The van der Waals surface area contributed by atoms with Gasteiger partial charge in [0, 0.05) is 0 Å². The highest BCUT2D eigenvalue weighted by atomic mass is 28.3. The summed E-state index contributed by atoms with van der Waals surface area (Å²) in [5, 5.41) is 21.0. The molecule has 2 N–H and O–H groups in total. The van der Waals surface area contributed by atoms with E-state index in [0.29, 0.717) is 25.7 Å². The first kappa shape index (κ1) is 17.5. The molecule has 4 heteroatoms. The number of hydrogen-bond acceptors (Lipinski definition) is 2. The Bertz CT molecular complexity index is 421. The minimum Gasteiger partial charge on any atom is -0.378 e. The van der Waals surface area contributed by atoms with E-state index in [1.54, 1.807) is 0 Å². The fraction of sp³-hybridized carbons (Fsp3) is 0.750. The fourth-order valence-electron chi connectivity index (χ4n) is 1.93. The minimum atomic E-state index is -1.47. The van der Waals surface area contributed by atoms with Gasteiger partial charge in [-0.1, -0.05) is 51.1 Å². The van der Waals surface area contributed by atoms with Gasteiger partial charge < -0.3 is 10.2 Å². The highest BCUT2D eigenvalue weighted by Gasteiger charge is 2.39. The van der Waals surface area contributed by atoms with Gasteiger partial charge in [0.25, 0.3) is 0 Å². The van der Waals surface area contributed by atoms with Crippen molar-refractivity contribution in [2.24, 2.45) is 0 Å². The average Bonchev–Trinajstić information content (AvgIpc) is 2.28. The van der Waals surface area contributed by atoms with Crippen molar-refractivity contribution in [3.05, 3.63) is 0 Å². The maximum Gasteiger partial charge on any atom is 0.129 e. The van der Waals surface area contributed by atoms with Gasteiger partial charge in [0.2, 0.25) is 0 Å². The number of hydrogen-bond donors (Lipinski definition) is 2. The topological polar surface area (TPSA) is 40.5 Å². The molecule has 0 atom stereocenters. The molecule has 0 saturated heterocycles. The second-order valence-corrected chi connectivity index (χ2v) is 17.6. The molecule has 0 aliphatic heterocycles. The Morgan fingerprint density at radius 3 is 1.10 bits per heavy atom. The summed E-state index contributed by atoms with van der Waals surface area (Å²) in [5.74, 6) is 6.13. The van der Waals surface area contributed by atoms with Gasteiger partial charge in [-0.3, -0.25) is 0 Å². The van der Waals surface area contributed by atoms with Crippen molar-refractivity contribution >= 4 is 16.1 Å². The first-order chi connectivity index (χ1) is 8.83. The molecule has 0 bridgehead atoms. The van der Waals surface area contributed by atoms with Crippen LogP contribution >= 0.6 is 0 Å². The van der Waals surface area contributed by atoms with E-state index in [4.69, 9.17) is 0 Å². The number of rotatable bonds is 0. The molecule has 112 valence electrons. The molecule has 2 nitrogen and oxygen atoms in total. The van der Waals surface area contributed by atoms with Gasteiger partial charge in [-0.25, -0.2) is 0 Å². The summed E-state index contributed by atoms with van der Waals surface area (Å²) >= 11 is 0. The SMILES string of the molecule is C[Si](C)(C)C#CC1(O)CCC(O)(C#C[Si](C)(C)C)CC1. The molecule has 0 aromatic carbocycles. The molecule has 0 aromatic heterocycles. The van der Waals surface area contributed by atoms with E-state index in [-0.39, 0.29) is 0 Å². The Balaban J connectivity index is 2.75. The zero-order chi connectivity index (χ0) is 15.7. The van der Waals surface area contributed by atoms with E-state index in [9.17, 15) is 10.2 Å². The molecule has 0 amide bonds. The second kappa shape index (κ2) is 5.69. The highest BCUT2D eigenvalue weighted by Crippen LogP contribution is 2.34. The van der Waals surface area contributed by atoms with E-state index < -0.39 is 27.3 Å². The summed E-state index contributed by atoms with van der Waals surface area (Å²) in [5.41, 5.74) is 4.64. The van der Waals surface area contributed by atoms with Crippen LogP contribution in [0.1, 0.15) is 25.7 Å². The van der Waals surface area contributed by atoms with Gasteiger partial charge in [-0.2, -0.15) is 0 Å². The van der Waals surface area contributed by atoms with Crippen molar-refractivity contribution in [1.29, 1.82) is 0 Å². The second-order valence-electron chi connectivity index (χ2n) is 8.06. The lowest BCUT2D eigenvalue weighted by Crippen LogP contribution is -2.42. The van der Waals surface area contributed by atoms with Crippen molar-refractivity contribution in [2.75, 3.05) is 0 Å². The predicted molar refractivity (Wildman–Crippen MR) is 90.6 cm³/mol. The molecule has 0 aromatic rings. The van der Waals surface area contributed by atoms with E-state index >= 15 is 0 Å². The van der Waals surface area contributed by atoms with E-state index in [1.165, 1.54) is 0 Å². The Labute approximate surface area is 126 Å². The largest absolute Gasteiger partial charge is 0.378 e. The molecule has 0 unspecified atom stereocenters. The number of aliphatic hydroxyl groups is 2. The van der Waals surface area contributed by atoms with Crippen molar-refractivity contribution in [3.63, 3.8) is 0 Å². The van der Waals surface area contributed by atoms with Gasteiger partial charge in [-0.05, 0) is 25.7 Å². The van der Waals surface area contributed by atoms with Crippen LogP contribution in [-0.4, -0.2) is 37.6 Å². The van der Waals surface area contributed by atoms with E-state index in [1.807, 2.05) is 0 Å². The lowest BCUT2D eigenvalue weighted by Gasteiger charge is -2.35. The Morgan fingerprint density at radius 1 is 0.650 bits per heavy atom. The maximum atomic E-state index is 10.5. The molecule has 1 saturated carbocycles. The van der Waals surface area contributed by atoms with Gasteiger partial charge in [-0.15, -0.1) is 11.1 Å². The third-order valence-electron chi connectivity index (χ3n) is 3.24. The lowest BCUT2D eigenvalue weighted by molar-refractivity contribution is -0.0219. The molecule has 0 spiro atoms. The van der Waals surface area contributed by atoms with Crippen LogP contribution in [0, 0.1) is 22.9 Å². The molecule has 1 aliphatic carbocycles. The summed E-state index contributed by atoms with van der Waals surface area (Å²) in [7, 11) is -2.94. The standard InChI is InChI=1S/C16H28O2Si2/c1-19(2,3)13-11-15(17)7-9-16(18,10-8-15)12-14-20(4,5)6/h17-18H,7-10H2,1-6H3. The van der Waals surface area contributed by atoms with E-state index in [2.05, 4.69) is 62.2 Å². The Morgan fingerprint density at radius 2 is 0.900 bits per heavy atom. The molecule has 1 aliphatic rings. The van der Waals surface area contributed by atoms with Crippen molar-refractivity contribution in [3.8, 4) is 22.9 Å². The zero-order valence-electron chi connectivity index (χ0n) is 13.7. The van der Waals surface area contributed by atoms with Crippen molar-refractivity contribution in [2.45, 2.75) is 76.2 Å². The first-order valence-electron chi connectivity index (χ1n) is 7.36. The van der Waals surface area contributed by atoms with Crippen LogP contribution in [0.25, 0.3) is 0 Å². The molecule has 0 radical (unpaired) electrons. The van der Waals surface area contributed by atoms with Crippen LogP contribution in [0.5, 0.6) is 0 Å². The third kappa shape index (κ3) is 6.28. The zero-order valence-corrected chi connectivity index (χ0v) is 15.7. The van der Waals surface area contributed by atoms with Crippen molar-refractivity contribution in [1.82, 2.24) is 0 Å². The smallest absolute Gasteiger partial charge is 0.129 e. The van der Waals surface area contributed by atoms with Crippen LogP contribution < -0.4 is 0 Å². The maximum absolute atomic E-state index is 10.5. The quantitative estimate of drug-likeness (QED) is 0.534. The van der Waals surface area contributed by atoms with Crippen LogP contribution in [0.3, 0.4) is 0 Å². The van der Waals surface area contributed by atoms with Crippen LogP contribution in [0.4, 0.5) is 0 Å². The summed E-state index contributed by atoms with van der Waals surface area (Å²) in [6, 6.07) is 0. The van der Waals surface area contributed by atoms with Gasteiger partial charge in [0.05, 0.1) is 0 Å². The summed E-state index contributed by atoms with van der Waals surface area (Å²) in [4.78, 5) is 0. The normalized spacial score (nSPS) is 30.8. The average molecular weight is 309 g/mol. The molecule has 1 rings (SSSR count). The van der Waals surface area contributed by atoms with Crippen molar-refractivity contribution < 1.29 is 10.2 Å². The fourth-order valence-corrected chi connectivity index (χ4v) is 3.15. The molecule has 1 fully saturated rings. The predicted octanol–water partition coefficient (Wildman–Crippen LogP) is 2.78. The monoisotopic (exact) mass is 308 g/mol. The molecule has 20 heavy (non-hydrogen) atoms. The van der Waals surface area contributed by atoms with Gasteiger partial charge in [0.15, 0.2) is 0 Å². The first-order valence-corrected chi connectivity index (χ1v) is 14.4. The lowest BCUT2D eigenvalue weighted by atomic mass is 9.77. The third-order valence-corrected chi connectivity index (χ3v) is 4.99. The van der Waals surface area contributed by atoms with Gasteiger partial charge in [0.1, 0.15) is 27.3 Å². The summed E-state index contributed by atoms with van der Waals surface area (Å²) < 4.78 is 0. The van der Waals surface area contributed by atoms with Crippen LogP contribution in [0.2, 0.25) is 39.3 Å². The molecule has 0 heterocycles. The van der Waals surface area contributed by atoms with Crippen LogP contribution in [-0.2, 0) is 0 Å². The Kier molecular flexibility index (Phi) is 4.99. The summed E-state index contributed by atoms with van der Waals surface area (Å²) in [6.45, 7) is 13.0. The highest BCUT2D eigenvalue weighted by molar-refractivity contribution is 6.84. The molecular formula is C16H28O2Si2. The van der Waals surface area contributed by atoms with Gasteiger partial charge >= 0.3 is 0 Å². The Hall–Kier alpha value is -0.526. The molecular weight excluding hydrogens is 280 g/mol. The minimum absolute atomic E-state index is 0.515. The van der Waals surface area contributed by atoms with Crippen LogP contribution in [0.15, 0.2) is 0 Å².